The van der Waals surface area contributed by atoms with E-state index >= 15 is 0 Å². The van der Waals surface area contributed by atoms with Crippen LogP contribution in [0.4, 0.5) is 8.78 Å². The van der Waals surface area contributed by atoms with Crippen molar-refractivity contribution < 1.29 is 18.0 Å². The van der Waals surface area contributed by atoms with Crippen molar-refractivity contribution in [1.82, 2.24) is 15.1 Å². The summed E-state index contributed by atoms with van der Waals surface area (Å²) >= 11 is 0. The van der Waals surface area contributed by atoms with Crippen LogP contribution in [0.3, 0.4) is 0 Å². The van der Waals surface area contributed by atoms with Crippen molar-refractivity contribution >= 4 is 11.9 Å². The molecule has 1 saturated heterocycles. The first-order valence-electron chi connectivity index (χ1n) is 9.91. The van der Waals surface area contributed by atoms with Crippen molar-refractivity contribution in [3.8, 4) is 0 Å². The van der Waals surface area contributed by atoms with Gasteiger partial charge in [0.15, 0.2) is 11.7 Å². The molecule has 6 nitrogen and oxygen atoms in total. The molecule has 1 saturated carbocycles. The van der Waals surface area contributed by atoms with Gasteiger partial charge in [-0.3, -0.25) is 9.79 Å². The molecule has 1 aromatic carbocycles. The van der Waals surface area contributed by atoms with Gasteiger partial charge in [-0.25, -0.2) is 8.78 Å². The SMILES string of the molecule is CCN=C(NC1CC1c1c(F)cccc1F)N1CCN(C(=O)c2ccco2)CC1. The van der Waals surface area contributed by atoms with Gasteiger partial charge in [0.25, 0.3) is 5.91 Å². The molecule has 2 unspecified atom stereocenters. The molecule has 0 radical (unpaired) electrons. The molecule has 154 valence electrons. The molecule has 1 aliphatic heterocycles. The molecule has 0 bridgehead atoms. The molecule has 8 heteroatoms. The first-order chi connectivity index (χ1) is 14.1. The van der Waals surface area contributed by atoms with Gasteiger partial charge < -0.3 is 19.5 Å². The van der Waals surface area contributed by atoms with E-state index in [1.165, 1.54) is 24.5 Å². The summed E-state index contributed by atoms with van der Waals surface area (Å²) in [6.45, 7) is 4.91. The second kappa shape index (κ2) is 8.23. The van der Waals surface area contributed by atoms with E-state index in [1.54, 1.807) is 17.0 Å². The lowest BCUT2D eigenvalue weighted by Crippen LogP contribution is -2.54. The quantitative estimate of drug-likeness (QED) is 0.631. The monoisotopic (exact) mass is 402 g/mol. The number of carbonyl (C=O) groups is 1. The lowest BCUT2D eigenvalue weighted by Gasteiger charge is -2.36. The van der Waals surface area contributed by atoms with Crippen LogP contribution in [0, 0.1) is 11.6 Å². The van der Waals surface area contributed by atoms with Crippen molar-refractivity contribution in [2.75, 3.05) is 32.7 Å². The highest BCUT2D eigenvalue weighted by molar-refractivity contribution is 5.91. The molecule has 1 aromatic heterocycles. The standard InChI is InChI=1S/C21H24F2N4O2/c1-2-24-21(25-17-13-14(17)19-15(22)5-3-6-16(19)23)27-10-8-26(9-11-27)20(28)18-7-4-12-29-18/h3-7,12,14,17H,2,8-11,13H2,1H3,(H,24,25). The number of carbonyl (C=O) groups excluding carboxylic acids is 1. The Labute approximate surface area is 168 Å². The van der Waals surface area contributed by atoms with E-state index in [0.717, 1.165) is 5.96 Å². The highest BCUT2D eigenvalue weighted by Crippen LogP contribution is 2.43. The summed E-state index contributed by atoms with van der Waals surface area (Å²) in [7, 11) is 0. The van der Waals surface area contributed by atoms with E-state index in [-0.39, 0.29) is 23.4 Å². The molecule has 1 aliphatic carbocycles. The van der Waals surface area contributed by atoms with Crippen LogP contribution in [0.2, 0.25) is 0 Å². The first kappa shape index (κ1) is 19.4. The fraction of sp³-hybridized carbons (Fsp3) is 0.429. The van der Waals surface area contributed by atoms with Crippen LogP contribution in [0.15, 0.2) is 46.0 Å². The molecule has 4 rings (SSSR count). The second-order valence-electron chi connectivity index (χ2n) is 7.28. The highest BCUT2D eigenvalue weighted by Gasteiger charge is 2.43. The Bertz CT molecular complexity index is 872. The Morgan fingerprint density at radius 3 is 2.45 bits per heavy atom. The Hall–Kier alpha value is -2.90. The molecular formula is C21H24F2N4O2. The molecule has 0 spiro atoms. The molecular weight excluding hydrogens is 378 g/mol. The summed E-state index contributed by atoms with van der Waals surface area (Å²) in [6, 6.07) is 7.29. The van der Waals surface area contributed by atoms with Gasteiger partial charge in [-0.1, -0.05) is 6.07 Å². The Kier molecular flexibility index (Phi) is 5.51. The smallest absolute Gasteiger partial charge is 0.289 e. The number of nitrogens with zero attached hydrogens (tertiary/aromatic N) is 3. The summed E-state index contributed by atoms with van der Waals surface area (Å²) in [5.74, 6) is -0.251. The minimum absolute atomic E-state index is 0.0468. The van der Waals surface area contributed by atoms with Crippen LogP contribution >= 0.6 is 0 Å². The van der Waals surface area contributed by atoms with E-state index in [9.17, 15) is 13.6 Å². The van der Waals surface area contributed by atoms with Gasteiger partial charge in [0.1, 0.15) is 11.6 Å². The molecule has 2 aliphatic rings. The molecule has 29 heavy (non-hydrogen) atoms. The molecule has 2 aromatic rings. The van der Waals surface area contributed by atoms with Gasteiger partial charge >= 0.3 is 0 Å². The average Bonchev–Trinajstić information content (AvgIpc) is 3.24. The normalized spacial score (nSPS) is 22.0. The molecule has 2 heterocycles. The van der Waals surface area contributed by atoms with E-state index in [1.807, 2.05) is 6.92 Å². The Balaban J connectivity index is 1.36. The maximum Gasteiger partial charge on any atom is 0.289 e. The van der Waals surface area contributed by atoms with E-state index in [4.69, 9.17) is 4.42 Å². The third-order valence-corrected chi connectivity index (χ3v) is 5.38. The third-order valence-electron chi connectivity index (χ3n) is 5.38. The minimum Gasteiger partial charge on any atom is -0.459 e. The van der Waals surface area contributed by atoms with Crippen molar-refractivity contribution in [1.29, 1.82) is 0 Å². The minimum atomic E-state index is -0.502. The lowest BCUT2D eigenvalue weighted by molar-refractivity contribution is 0.0657. The van der Waals surface area contributed by atoms with Crippen LogP contribution in [0.5, 0.6) is 0 Å². The topological polar surface area (TPSA) is 61.1 Å². The van der Waals surface area contributed by atoms with Gasteiger partial charge in [-0.2, -0.15) is 0 Å². The summed E-state index contributed by atoms with van der Waals surface area (Å²) in [4.78, 5) is 20.8. The summed E-state index contributed by atoms with van der Waals surface area (Å²) < 4.78 is 33.3. The fourth-order valence-corrected chi connectivity index (χ4v) is 3.77. The zero-order valence-electron chi connectivity index (χ0n) is 16.3. The van der Waals surface area contributed by atoms with Crippen LogP contribution in [0.1, 0.15) is 35.4 Å². The van der Waals surface area contributed by atoms with Gasteiger partial charge in [0, 0.05) is 50.2 Å². The summed E-state index contributed by atoms with van der Waals surface area (Å²) in [5.41, 5.74) is 0.148. The number of rotatable bonds is 4. The van der Waals surface area contributed by atoms with E-state index in [0.29, 0.717) is 44.9 Å². The number of aliphatic imine (C=N–C) groups is 1. The van der Waals surface area contributed by atoms with Crippen LogP contribution < -0.4 is 5.32 Å². The fourth-order valence-electron chi connectivity index (χ4n) is 3.77. The van der Waals surface area contributed by atoms with Gasteiger partial charge in [-0.05, 0) is 37.6 Å². The predicted octanol–water partition coefficient (Wildman–Crippen LogP) is 2.84. The molecule has 2 fully saturated rings. The number of furan rings is 1. The average molecular weight is 402 g/mol. The maximum absolute atomic E-state index is 14.0. The number of hydrogen-bond acceptors (Lipinski definition) is 3. The van der Waals surface area contributed by atoms with Crippen molar-refractivity contribution in [2.45, 2.75) is 25.3 Å². The van der Waals surface area contributed by atoms with Gasteiger partial charge in [0.05, 0.1) is 6.26 Å². The second-order valence-corrected chi connectivity index (χ2v) is 7.28. The van der Waals surface area contributed by atoms with Gasteiger partial charge in [0.2, 0.25) is 0 Å². The number of halogens is 2. The van der Waals surface area contributed by atoms with Crippen molar-refractivity contribution in [3.05, 3.63) is 59.6 Å². The first-order valence-corrected chi connectivity index (χ1v) is 9.91. The van der Waals surface area contributed by atoms with E-state index in [2.05, 4.69) is 15.2 Å². The zero-order chi connectivity index (χ0) is 20.4. The number of benzene rings is 1. The summed E-state index contributed by atoms with van der Waals surface area (Å²) in [5, 5.41) is 3.36. The zero-order valence-corrected chi connectivity index (χ0v) is 16.3. The van der Waals surface area contributed by atoms with Gasteiger partial charge in [-0.15, -0.1) is 0 Å². The van der Waals surface area contributed by atoms with Crippen LogP contribution in [0.25, 0.3) is 0 Å². The molecule has 1 amide bonds. The Morgan fingerprint density at radius 1 is 1.14 bits per heavy atom. The summed E-state index contributed by atoms with van der Waals surface area (Å²) in [6.07, 6.45) is 2.15. The predicted molar refractivity (Wildman–Crippen MR) is 105 cm³/mol. The number of amides is 1. The van der Waals surface area contributed by atoms with Crippen molar-refractivity contribution in [3.63, 3.8) is 0 Å². The maximum atomic E-state index is 14.0. The van der Waals surface area contributed by atoms with Crippen LogP contribution in [-0.2, 0) is 0 Å². The van der Waals surface area contributed by atoms with E-state index < -0.39 is 11.6 Å². The number of hydrogen-bond donors (Lipinski definition) is 1. The lowest BCUT2D eigenvalue weighted by atomic mass is 10.1. The molecule has 2 atom stereocenters. The van der Waals surface area contributed by atoms with Crippen LogP contribution in [-0.4, -0.2) is 60.4 Å². The van der Waals surface area contributed by atoms with Crippen molar-refractivity contribution in [2.24, 2.45) is 4.99 Å². The number of piperazine rings is 1. The largest absolute Gasteiger partial charge is 0.459 e. The number of guanidine groups is 1. The highest BCUT2D eigenvalue weighted by atomic mass is 19.1. The molecule has 1 N–H and O–H groups in total. The Morgan fingerprint density at radius 2 is 1.83 bits per heavy atom. The third kappa shape index (κ3) is 4.11. The number of nitrogens with one attached hydrogen (secondary N) is 1.